The Morgan fingerprint density at radius 3 is 2.67 bits per heavy atom. The van der Waals surface area contributed by atoms with Crippen molar-refractivity contribution in [3.63, 3.8) is 0 Å². The number of carbonyl (C=O) groups excluding carboxylic acids is 2. The second-order valence-electron chi connectivity index (χ2n) is 5.36. The minimum Gasteiger partial charge on any atom is -0.466 e. The monoisotopic (exact) mass is 334 g/mol. The molecule has 0 saturated heterocycles. The van der Waals surface area contributed by atoms with Gasteiger partial charge in [0, 0.05) is 23.6 Å². The van der Waals surface area contributed by atoms with Gasteiger partial charge >= 0.3 is 5.97 Å². The molecule has 0 aromatic heterocycles. The Morgan fingerprint density at radius 2 is 2.04 bits per heavy atom. The van der Waals surface area contributed by atoms with E-state index in [1.54, 1.807) is 6.92 Å². The summed E-state index contributed by atoms with van der Waals surface area (Å²) >= 11 is 0. The van der Waals surface area contributed by atoms with Crippen LogP contribution in [0.25, 0.3) is 0 Å². The van der Waals surface area contributed by atoms with Gasteiger partial charge in [0.25, 0.3) is 5.69 Å². The number of ether oxygens (including phenoxy) is 3. The number of esters is 1. The summed E-state index contributed by atoms with van der Waals surface area (Å²) in [4.78, 5) is 34.9. The minimum absolute atomic E-state index is 0.0418. The molecule has 126 valence electrons. The second kappa shape index (κ2) is 5.84. The van der Waals surface area contributed by atoms with Crippen molar-refractivity contribution < 1.29 is 28.7 Å². The lowest BCUT2D eigenvalue weighted by molar-refractivity contribution is -0.385. The maximum Gasteiger partial charge on any atom is 0.336 e. The lowest BCUT2D eigenvalue weighted by Crippen LogP contribution is -2.34. The van der Waals surface area contributed by atoms with Crippen molar-refractivity contribution >= 4 is 17.6 Å². The molecule has 1 atom stereocenters. The molecule has 1 N–H and O–H groups in total. The van der Waals surface area contributed by atoms with E-state index in [4.69, 9.17) is 14.2 Å². The summed E-state index contributed by atoms with van der Waals surface area (Å²) in [5.74, 6) is -1.20. The Bertz CT molecular complexity index is 784. The van der Waals surface area contributed by atoms with Crippen molar-refractivity contribution in [2.24, 2.45) is 0 Å². The van der Waals surface area contributed by atoms with Crippen LogP contribution >= 0.6 is 0 Å². The van der Waals surface area contributed by atoms with E-state index >= 15 is 0 Å². The van der Waals surface area contributed by atoms with E-state index < -0.39 is 16.8 Å². The van der Waals surface area contributed by atoms with Crippen LogP contribution in [-0.2, 0) is 14.3 Å². The Kier molecular flexibility index (Phi) is 3.84. The maximum absolute atomic E-state index is 12.1. The van der Waals surface area contributed by atoms with Crippen LogP contribution in [0.4, 0.5) is 5.69 Å². The Balaban J connectivity index is 2.19. The van der Waals surface area contributed by atoms with E-state index in [1.807, 2.05) is 0 Å². The van der Waals surface area contributed by atoms with Gasteiger partial charge in [0.05, 0.1) is 23.7 Å². The van der Waals surface area contributed by atoms with Gasteiger partial charge in [-0.1, -0.05) is 0 Å². The molecule has 2 aliphatic rings. The van der Waals surface area contributed by atoms with E-state index in [0.29, 0.717) is 11.4 Å². The van der Waals surface area contributed by atoms with E-state index in [-0.39, 0.29) is 41.7 Å². The Hall–Kier alpha value is -3.10. The van der Waals surface area contributed by atoms with Gasteiger partial charge in [-0.2, -0.15) is 0 Å². The van der Waals surface area contributed by atoms with Crippen molar-refractivity contribution in [1.82, 2.24) is 5.32 Å². The number of rotatable bonds is 3. The lowest BCUT2D eigenvalue weighted by atomic mass is 9.83. The second-order valence-corrected chi connectivity index (χ2v) is 5.36. The van der Waals surface area contributed by atoms with Gasteiger partial charge in [0.1, 0.15) is 0 Å². The summed E-state index contributed by atoms with van der Waals surface area (Å²) in [6, 6.07) is 2.69. The SMILES string of the molecule is COC(=O)C1=C(C)NC(=O)CC1c1cc2c(cc1[N+](=O)[O-])OCO2. The molecule has 0 radical (unpaired) electrons. The van der Waals surface area contributed by atoms with Crippen molar-refractivity contribution in [2.75, 3.05) is 13.9 Å². The summed E-state index contributed by atoms with van der Waals surface area (Å²) in [6.07, 6.45) is -0.109. The van der Waals surface area contributed by atoms with Gasteiger partial charge in [0.2, 0.25) is 12.7 Å². The normalized spacial score (nSPS) is 19.1. The smallest absolute Gasteiger partial charge is 0.336 e. The zero-order valence-corrected chi connectivity index (χ0v) is 13.0. The number of benzene rings is 1. The molecule has 9 heteroatoms. The number of carbonyl (C=O) groups is 2. The quantitative estimate of drug-likeness (QED) is 0.504. The topological polar surface area (TPSA) is 117 Å². The molecular weight excluding hydrogens is 320 g/mol. The maximum atomic E-state index is 12.1. The van der Waals surface area contributed by atoms with Gasteiger partial charge < -0.3 is 19.5 Å². The number of nitrogens with zero attached hydrogens (tertiary/aromatic N) is 1. The van der Waals surface area contributed by atoms with Crippen LogP contribution in [0.15, 0.2) is 23.4 Å². The molecule has 1 aromatic carbocycles. The van der Waals surface area contributed by atoms with Crippen molar-refractivity contribution in [3.8, 4) is 11.5 Å². The first kappa shape index (κ1) is 15.8. The average molecular weight is 334 g/mol. The molecule has 0 saturated carbocycles. The fourth-order valence-electron chi connectivity index (χ4n) is 2.93. The third kappa shape index (κ3) is 2.53. The molecule has 1 amide bonds. The molecule has 0 spiro atoms. The number of allylic oxidation sites excluding steroid dienone is 1. The van der Waals surface area contributed by atoms with Crippen LogP contribution in [0.5, 0.6) is 11.5 Å². The van der Waals surface area contributed by atoms with Crippen molar-refractivity contribution in [3.05, 3.63) is 39.1 Å². The number of amides is 1. The van der Waals surface area contributed by atoms with Crippen LogP contribution in [0.2, 0.25) is 0 Å². The fraction of sp³-hybridized carbons (Fsp3) is 0.333. The van der Waals surface area contributed by atoms with E-state index in [1.165, 1.54) is 19.2 Å². The van der Waals surface area contributed by atoms with Gasteiger partial charge in [-0.15, -0.1) is 0 Å². The lowest BCUT2D eigenvalue weighted by Gasteiger charge is -2.26. The third-order valence-corrected chi connectivity index (χ3v) is 3.97. The molecule has 0 bridgehead atoms. The van der Waals surface area contributed by atoms with Crippen molar-refractivity contribution in [1.29, 1.82) is 0 Å². The molecule has 2 heterocycles. The van der Waals surface area contributed by atoms with E-state index in [2.05, 4.69) is 5.32 Å². The first-order chi connectivity index (χ1) is 11.4. The van der Waals surface area contributed by atoms with Crippen LogP contribution in [0, 0.1) is 10.1 Å². The Labute approximate surface area is 136 Å². The highest BCUT2D eigenvalue weighted by molar-refractivity contribution is 5.96. The molecule has 0 aliphatic carbocycles. The predicted molar refractivity (Wildman–Crippen MR) is 79.4 cm³/mol. The molecule has 1 unspecified atom stereocenters. The van der Waals surface area contributed by atoms with Crippen LogP contribution < -0.4 is 14.8 Å². The third-order valence-electron chi connectivity index (χ3n) is 3.97. The van der Waals surface area contributed by atoms with Gasteiger partial charge in [-0.25, -0.2) is 4.79 Å². The fourth-order valence-corrected chi connectivity index (χ4v) is 2.93. The van der Waals surface area contributed by atoms with Crippen LogP contribution in [-0.4, -0.2) is 30.7 Å². The molecule has 9 nitrogen and oxygen atoms in total. The number of nitro groups is 1. The van der Waals surface area contributed by atoms with Gasteiger partial charge in [-0.3, -0.25) is 14.9 Å². The first-order valence-electron chi connectivity index (χ1n) is 7.09. The molecule has 2 aliphatic heterocycles. The molecule has 3 rings (SSSR count). The standard InChI is InChI=1S/C15H14N2O7/c1-7-14(15(19)22-2)9(4-13(18)16-7)8-3-11-12(24-6-23-11)5-10(8)17(20)21/h3,5,9H,4,6H2,1-2H3,(H,16,18). The number of hydrogen-bond acceptors (Lipinski definition) is 7. The molecular formula is C15H14N2O7. The summed E-state index contributed by atoms with van der Waals surface area (Å²) in [7, 11) is 1.21. The number of hydrogen-bond donors (Lipinski definition) is 1. The number of nitro benzene ring substituents is 1. The number of fused-ring (bicyclic) bond motifs is 1. The summed E-state index contributed by atoms with van der Waals surface area (Å²) < 4.78 is 15.2. The summed E-state index contributed by atoms with van der Waals surface area (Å²) in [6.45, 7) is 1.51. The number of methoxy groups -OCH3 is 1. The van der Waals surface area contributed by atoms with Crippen LogP contribution in [0.3, 0.4) is 0 Å². The minimum atomic E-state index is -0.805. The molecule has 0 fully saturated rings. The van der Waals surface area contributed by atoms with Crippen LogP contribution in [0.1, 0.15) is 24.8 Å². The first-order valence-corrected chi connectivity index (χ1v) is 7.09. The molecule has 24 heavy (non-hydrogen) atoms. The molecule has 1 aromatic rings. The van der Waals surface area contributed by atoms with E-state index in [9.17, 15) is 19.7 Å². The van der Waals surface area contributed by atoms with Gasteiger partial charge in [-0.05, 0) is 13.0 Å². The van der Waals surface area contributed by atoms with Gasteiger partial charge in [0.15, 0.2) is 11.5 Å². The highest BCUT2D eigenvalue weighted by Crippen LogP contribution is 2.44. The largest absolute Gasteiger partial charge is 0.466 e. The Morgan fingerprint density at radius 1 is 1.38 bits per heavy atom. The van der Waals surface area contributed by atoms with Crippen molar-refractivity contribution in [2.45, 2.75) is 19.3 Å². The predicted octanol–water partition coefficient (Wildman–Crippen LogP) is 1.37. The zero-order chi connectivity index (χ0) is 17.4. The highest BCUT2D eigenvalue weighted by atomic mass is 16.7. The number of nitrogens with one attached hydrogen (secondary N) is 1. The summed E-state index contributed by atoms with van der Waals surface area (Å²) in [5.41, 5.74) is 0.459. The van der Waals surface area contributed by atoms with E-state index in [0.717, 1.165) is 0 Å². The summed E-state index contributed by atoms with van der Waals surface area (Å²) in [5, 5.41) is 14.0. The zero-order valence-electron chi connectivity index (χ0n) is 13.0. The average Bonchev–Trinajstić information content (AvgIpc) is 2.99. The highest BCUT2D eigenvalue weighted by Gasteiger charge is 2.37.